The molecule has 1 aliphatic rings. The number of carbonyl (C=O) groups is 3. The second-order valence-corrected chi connectivity index (χ2v) is 4.73. The first kappa shape index (κ1) is 15.6. The maximum Gasteiger partial charge on any atom is 0.421 e. The minimum atomic E-state index is -3.62. The molecule has 1 aliphatic heterocycles. The first-order chi connectivity index (χ1) is 8.82. The van der Waals surface area contributed by atoms with E-state index in [1.165, 1.54) is 0 Å². The molecule has 0 unspecified atom stereocenters. The van der Waals surface area contributed by atoms with Crippen LogP contribution in [0.4, 0.5) is 13.6 Å². The third-order valence-electron chi connectivity index (χ3n) is 2.18. The zero-order valence-corrected chi connectivity index (χ0v) is 11.0. The van der Waals surface area contributed by atoms with Gasteiger partial charge in [0.25, 0.3) is 5.24 Å². The minimum absolute atomic E-state index is 0.138. The van der Waals surface area contributed by atoms with E-state index < -0.39 is 12.1 Å². The number of alkyl halides is 2. The maximum absolute atomic E-state index is 12.9. The molecule has 0 atom stereocenters. The molecule has 0 aromatic heterocycles. The highest BCUT2D eigenvalue weighted by atomic mass is 32.2. The first-order valence-corrected chi connectivity index (χ1v) is 6.52. The van der Waals surface area contributed by atoms with Crippen molar-refractivity contribution in [3.05, 3.63) is 12.2 Å². The molecule has 1 saturated heterocycles. The molecule has 0 bridgehead atoms. The van der Waals surface area contributed by atoms with Crippen LogP contribution < -0.4 is 0 Å². The minimum Gasteiger partial charge on any atom is -0.398 e. The van der Waals surface area contributed by atoms with Gasteiger partial charge in [-0.3, -0.25) is 19.3 Å². The van der Waals surface area contributed by atoms with Gasteiger partial charge >= 0.3 is 12.1 Å². The molecule has 1 fully saturated rings. The molecule has 0 radical (unpaired) electrons. The third kappa shape index (κ3) is 5.37. The highest BCUT2D eigenvalue weighted by Gasteiger charge is 2.30. The fourth-order valence-corrected chi connectivity index (χ4v) is 2.16. The van der Waals surface area contributed by atoms with Gasteiger partial charge in [0, 0.05) is 19.5 Å². The lowest BCUT2D eigenvalue weighted by atomic mass is 10.2. The zero-order valence-electron chi connectivity index (χ0n) is 10.2. The van der Waals surface area contributed by atoms with Gasteiger partial charge in [-0.25, -0.2) is 0 Å². The molecule has 0 aliphatic carbocycles. The van der Waals surface area contributed by atoms with Crippen molar-refractivity contribution in [1.82, 2.24) is 4.90 Å². The number of nitrogens with zero attached hydrogens (tertiary/aromatic N) is 1. The summed E-state index contributed by atoms with van der Waals surface area (Å²) < 4.78 is 29.5. The summed E-state index contributed by atoms with van der Waals surface area (Å²) in [6.45, 7) is 1.10. The van der Waals surface area contributed by atoms with Crippen LogP contribution in [-0.2, 0) is 14.3 Å². The predicted octanol–water partition coefficient (Wildman–Crippen LogP) is 2.17. The standard InChI is InChI=1S/C11H13F2NO4S/c1-8(15)18-11(12,13)5-3-2-4-6-14-9(16)7-19-10(14)17/h3,5H,2,4,6-7H2,1H3/b5-3+. The van der Waals surface area contributed by atoms with Crippen LogP contribution in [0.5, 0.6) is 0 Å². The Labute approximate surface area is 113 Å². The number of esters is 1. The number of carbonyl (C=O) groups excluding carboxylic acids is 3. The van der Waals surface area contributed by atoms with Crippen molar-refractivity contribution in [3.8, 4) is 0 Å². The van der Waals surface area contributed by atoms with E-state index in [-0.39, 0.29) is 29.9 Å². The average Bonchev–Trinajstić information content (AvgIpc) is 2.57. The SMILES string of the molecule is CC(=O)OC(F)(F)/C=C/CCCN1C(=O)CSC1=O. The van der Waals surface area contributed by atoms with Crippen molar-refractivity contribution in [2.24, 2.45) is 0 Å². The Bertz CT molecular complexity index is 395. The molecule has 0 aromatic carbocycles. The fraction of sp³-hybridized carbons (Fsp3) is 0.545. The van der Waals surface area contributed by atoms with Crippen LogP contribution in [0.15, 0.2) is 12.2 Å². The van der Waals surface area contributed by atoms with Crippen LogP contribution in [0.3, 0.4) is 0 Å². The molecular weight excluding hydrogens is 280 g/mol. The smallest absolute Gasteiger partial charge is 0.398 e. The van der Waals surface area contributed by atoms with Gasteiger partial charge in [0.15, 0.2) is 0 Å². The Kier molecular flexibility index (Phi) is 5.46. The van der Waals surface area contributed by atoms with Crippen LogP contribution in [0.2, 0.25) is 0 Å². The number of unbranched alkanes of at least 4 members (excludes halogenated alkanes) is 1. The summed E-state index contributed by atoms with van der Waals surface area (Å²) in [5.74, 6) is -1.19. The van der Waals surface area contributed by atoms with Crippen LogP contribution in [0.1, 0.15) is 19.8 Å². The number of thioether (sulfide) groups is 1. The molecule has 0 spiro atoms. The van der Waals surface area contributed by atoms with Crippen molar-refractivity contribution >= 4 is 28.9 Å². The normalized spacial score (nSPS) is 16.5. The Morgan fingerprint density at radius 3 is 2.74 bits per heavy atom. The molecule has 19 heavy (non-hydrogen) atoms. The number of hydrogen-bond donors (Lipinski definition) is 0. The molecule has 1 rings (SSSR count). The molecule has 0 aromatic rings. The number of amides is 2. The van der Waals surface area contributed by atoms with Crippen molar-refractivity contribution in [3.63, 3.8) is 0 Å². The summed E-state index contributed by atoms with van der Waals surface area (Å²) >= 11 is 0.930. The molecular formula is C11H13F2NO4S. The highest BCUT2D eigenvalue weighted by molar-refractivity contribution is 8.14. The van der Waals surface area contributed by atoms with Gasteiger partial charge in [0.1, 0.15) is 0 Å². The number of hydrogen-bond acceptors (Lipinski definition) is 5. The summed E-state index contributed by atoms with van der Waals surface area (Å²) in [6, 6.07) is 0. The molecule has 106 valence electrons. The molecule has 0 saturated carbocycles. The topological polar surface area (TPSA) is 63.7 Å². The summed E-state index contributed by atoms with van der Waals surface area (Å²) in [5, 5.41) is -0.306. The van der Waals surface area contributed by atoms with Crippen LogP contribution >= 0.6 is 11.8 Å². The number of imide groups is 1. The maximum atomic E-state index is 12.9. The van der Waals surface area contributed by atoms with E-state index in [2.05, 4.69) is 4.74 Å². The van der Waals surface area contributed by atoms with E-state index in [0.29, 0.717) is 12.5 Å². The van der Waals surface area contributed by atoms with Gasteiger partial charge < -0.3 is 4.74 Å². The predicted molar refractivity (Wildman–Crippen MR) is 64.7 cm³/mol. The first-order valence-electron chi connectivity index (χ1n) is 5.54. The number of halogens is 2. The van der Waals surface area contributed by atoms with Crippen molar-refractivity contribution < 1.29 is 27.9 Å². The zero-order chi connectivity index (χ0) is 14.5. The van der Waals surface area contributed by atoms with E-state index in [0.717, 1.165) is 29.7 Å². The Hall–Kier alpha value is -1.44. The second kappa shape index (κ2) is 6.65. The quantitative estimate of drug-likeness (QED) is 0.426. The van der Waals surface area contributed by atoms with Gasteiger partial charge in [-0.05, 0) is 12.8 Å². The van der Waals surface area contributed by atoms with E-state index >= 15 is 0 Å². The van der Waals surface area contributed by atoms with E-state index in [4.69, 9.17) is 0 Å². The van der Waals surface area contributed by atoms with E-state index in [1.807, 2.05) is 0 Å². The molecule has 0 N–H and O–H groups in total. The summed E-state index contributed by atoms with van der Waals surface area (Å²) in [7, 11) is 0. The number of rotatable bonds is 6. The van der Waals surface area contributed by atoms with Crippen LogP contribution in [0.25, 0.3) is 0 Å². The van der Waals surface area contributed by atoms with Crippen LogP contribution in [0, 0.1) is 0 Å². The van der Waals surface area contributed by atoms with Gasteiger partial charge in [-0.1, -0.05) is 17.8 Å². The third-order valence-corrected chi connectivity index (χ3v) is 3.04. The number of ether oxygens (including phenoxy) is 1. The largest absolute Gasteiger partial charge is 0.421 e. The summed E-state index contributed by atoms with van der Waals surface area (Å²) in [6.07, 6.45) is -1.36. The number of allylic oxidation sites excluding steroid dienone is 1. The lowest BCUT2D eigenvalue weighted by Gasteiger charge is -2.12. The van der Waals surface area contributed by atoms with Crippen LogP contribution in [-0.4, -0.2) is 40.4 Å². The molecule has 8 heteroatoms. The van der Waals surface area contributed by atoms with Crippen molar-refractivity contribution in [2.75, 3.05) is 12.3 Å². The average molecular weight is 293 g/mol. The lowest BCUT2D eigenvalue weighted by molar-refractivity contribution is -0.205. The van der Waals surface area contributed by atoms with E-state index in [9.17, 15) is 23.2 Å². The summed E-state index contributed by atoms with van der Waals surface area (Å²) in [5.41, 5.74) is 0. The Balaban J connectivity index is 2.29. The Morgan fingerprint density at radius 1 is 1.53 bits per heavy atom. The Morgan fingerprint density at radius 2 is 2.21 bits per heavy atom. The van der Waals surface area contributed by atoms with Gasteiger partial charge in [0.2, 0.25) is 5.91 Å². The van der Waals surface area contributed by atoms with Crippen molar-refractivity contribution in [2.45, 2.75) is 25.9 Å². The van der Waals surface area contributed by atoms with Crippen molar-refractivity contribution in [1.29, 1.82) is 0 Å². The van der Waals surface area contributed by atoms with Gasteiger partial charge in [0.05, 0.1) is 5.75 Å². The summed E-state index contributed by atoms with van der Waals surface area (Å²) in [4.78, 5) is 33.9. The molecule has 5 nitrogen and oxygen atoms in total. The molecule has 1 heterocycles. The highest BCUT2D eigenvalue weighted by Crippen LogP contribution is 2.20. The lowest BCUT2D eigenvalue weighted by Crippen LogP contribution is -2.29. The van der Waals surface area contributed by atoms with Gasteiger partial charge in [-0.2, -0.15) is 8.78 Å². The second-order valence-electron chi connectivity index (χ2n) is 3.80. The molecule has 2 amide bonds. The van der Waals surface area contributed by atoms with E-state index in [1.54, 1.807) is 0 Å². The fourth-order valence-electron chi connectivity index (χ4n) is 1.41. The monoisotopic (exact) mass is 293 g/mol. The van der Waals surface area contributed by atoms with Gasteiger partial charge in [-0.15, -0.1) is 0 Å².